The lowest BCUT2D eigenvalue weighted by Crippen LogP contribution is -2.56. The third-order valence-electron chi connectivity index (χ3n) is 9.06. The first-order valence-electron chi connectivity index (χ1n) is 12.7. The highest BCUT2D eigenvalue weighted by molar-refractivity contribution is 6.04. The summed E-state index contributed by atoms with van der Waals surface area (Å²) in [7, 11) is 0. The van der Waals surface area contributed by atoms with Crippen molar-refractivity contribution in [2.75, 3.05) is 6.61 Å². The molecule has 9 heteroatoms. The Labute approximate surface area is 210 Å². The molecule has 0 heterocycles. The third-order valence-corrected chi connectivity index (χ3v) is 9.06. The largest absolute Gasteiger partial charge is 0.516 e. The van der Waals surface area contributed by atoms with Crippen LogP contribution in [0.15, 0.2) is 23.3 Å². The lowest BCUT2D eigenvalue weighted by atomic mass is 9.62. The minimum absolute atomic E-state index is 0.00593. The molecule has 0 aliphatic heterocycles. The Hall–Kier alpha value is -2.52. The molecule has 2 fully saturated rings. The molecule has 2 N–H and O–H groups in total. The number of ether oxygens (including phenoxy) is 3. The van der Waals surface area contributed by atoms with Crippen LogP contribution >= 0.6 is 0 Å². The van der Waals surface area contributed by atoms with Gasteiger partial charge in [0.15, 0.2) is 11.4 Å². The van der Waals surface area contributed by atoms with E-state index in [4.69, 9.17) is 14.2 Å². The van der Waals surface area contributed by atoms with Crippen molar-refractivity contribution in [1.29, 1.82) is 0 Å². The average Bonchev–Trinajstić information content (AvgIpc) is 3.28. The summed E-state index contributed by atoms with van der Waals surface area (Å²) < 4.78 is 16.6. The Morgan fingerprint density at radius 1 is 1.11 bits per heavy atom. The molecule has 0 aromatic heterocycles. The van der Waals surface area contributed by atoms with Gasteiger partial charge in [-0.05, 0) is 29.9 Å². The zero-order valence-electron chi connectivity index (χ0n) is 21.7. The summed E-state index contributed by atoms with van der Waals surface area (Å²) in [6.07, 6.45) is 1.64. The first-order valence-corrected chi connectivity index (χ1v) is 12.7. The van der Waals surface area contributed by atoms with Crippen LogP contribution in [0.25, 0.3) is 0 Å². The minimum atomic E-state index is -1.73. The number of Topliss-reactive ketones (excluding diaryl/α,β-unsaturated/α-hetero) is 1. The van der Waals surface area contributed by atoms with E-state index in [0.29, 0.717) is 11.1 Å². The highest BCUT2D eigenvalue weighted by Crippen LogP contribution is 2.76. The maximum atomic E-state index is 13.1. The van der Waals surface area contributed by atoms with Gasteiger partial charge in [0.05, 0.1) is 6.61 Å². The van der Waals surface area contributed by atoms with Crippen LogP contribution in [0.5, 0.6) is 0 Å². The molecule has 0 aromatic rings. The number of rotatable bonds is 5. The smallest absolute Gasteiger partial charge is 0.454 e. The minimum Gasteiger partial charge on any atom is -0.454 e. The van der Waals surface area contributed by atoms with E-state index in [9.17, 15) is 29.4 Å². The van der Waals surface area contributed by atoms with Gasteiger partial charge in [0.25, 0.3) is 0 Å². The van der Waals surface area contributed by atoms with Gasteiger partial charge < -0.3 is 24.4 Å². The second-order valence-electron chi connectivity index (χ2n) is 11.2. The SMILES string of the molecule is CCC(=O)OC(=O)O[C@@H]1[C@@H](C)C2[C@@H](C=C(CO)C[C@]3(O)C(=O)C(C)=C[C@@H]23)C2C(C)(C)[C@@]21OC(=O)CC. The predicted molar refractivity (Wildman–Crippen MR) is 126 cm³/mol. The number of carbonyl (C=O) groups excluding carboxylic acids is 4. The maximum Gasteiger partial charge on any atom is 0.516 e. The fourth-order valence-corrected chi connectivity index (χ4v) is 7.44. The van der Waals surface area contributed by atoms with Crippen LogP contribution in [-0.4, -0.2) is 58.0 Å². The molecule has 36 heavy (non-hydrogen) atoms. The van der Waals surface area contributed by atoms with Crippen molar-refractivity contribution in [3.8, 4) is 0 Å². The topological polar surface area (TPSA) is 136 Å². The van der Waals surface area contributed by atoms with Crippen molar-refractivity contribution in [3.63, 3.8) is 0 Å². The van der Waals surface area contributed by atoms with Crippen LogP contribution in [0.4, 0.5) is 4.79 Å². The molecule has 0 spiro atoms. The number of fused-ring (bicyclic) bond motifs is 5. The van der Waals surface area contributed by atoms with Crippen LogP contribution in [0.2, 0.25) is 0 Å². The molecule has 0 saturated heterocycles. The van der Waals surface area contributed by atoms with Crippen molar-refractivity contribution in [3.05, 3.63) is 23.3 Å². The molecular formula is C27H36O9. The Bertz CT molecular complexity index is 1060. The zero-order valence-corrected chi connectivity index (χ0v) is 21.7. The fraction of sp³-hybridized carbons (Fsp3) is 0.704. The molecule has 0 bridgehead atoms. The first-order chi connectivity index (χ1) is 16.8. The number of allylic oxidation sites excluding steroid dienone is 1. The number of esters is 2. The quantitative estimate of drug-likeness (QED) is 0.329. The van der Waals surface area contributed by atoms with E-state index >= 15 is 0 Å². The average molecular weight is 505 g/mol. The van der Waals surface area contributed by atoms with Crippen molar-refractivity contribution in [1.82, 2.24) is 0 Å². The number of hydrogen-bond acceptors (Lipinski definition) is 9. The lowest BCUT2D eigenvalue weighted by Gasteiger charge is -2.47. The lowest BCUT2D eigenvalue weighted by molar-refractivity contribution is -0.182. The normalized spacial score (nSPS) is 39.9. The molecule has 198 valence electrons. The van der Waals surface area contributed by atoms with Crippen LogP contribution in [0.3, 0.4) is 0 Å². The number of aliphatic hydroxyl groups is 2. The second-order valence-corrected chi connectivity index (χ2v) is 11.2. The van der Waals surface area contributed by atoms with Crippen LogP contribution in [0, 0.1) is 35.0 Å². The molecule has 0 radical (unpaired) electrons. The van der Waals surface area contributed by atoms with Crippen LogP contribution < -0.4 is 0 Å². The van der Waals surface area contributed by atoms with E-state index in [1.54, 1.807) is 26.8 Å². The molecule has 2 unspecified atom stereocenters. The van der Waals surface area contributed by atoms with Crippen molar-refractivity contribution < 1.29 is 43.6 Å². The standard InChI is InChI=1S/C27H36O9/c1-7-18(29)34-24(32)35-23-14(4)20-16(21-25(5,6)27(21,23)36-19(30)8-2)10-15(12-28)11-26(33)17(20)9-13(3)22(26)31/h9-10,14,16-17,20-21,23,28,33H,7-8,11-12H2,1-6H3/t14-,16+,17-,20?,21?,23+,26+,27+/m0/s1. The van der Waals surface area contributed by atoms with Gasteiger partial charge in [-0.3, -0.25) is 14.4 Å². The van der Waals surface area contributed by atoms with Gasteiger partial charge in [0.1, 0.15) is 11.7 Å². The molecule has 9 nitrogen and oxygen atoms in total. The Balaban J connectivity index is 1.85. The summed E-state index contributed by atoms with van der Waals surface area (Å²) in [4.78, 5) is 50.1. The van der Waals surface area contributed by atoms with Crippen molar-refractivity contribution >= 4 is 23.9 Å². The van der Waals surface area contributed by atoms with Crippen LogP contribution in [0.1, 0.15) is 60.8 Å². The van der Waals surface area contributed by atoms with Gasteiger partial charge in [0.2, 0.25) is 0 Å². The maximum absolute atomic E-state index is 13.1. The predicted octanol–water partition coefficient (Wildman–Crippen LogP) is 2.87. The molecule has 0 amide bonds. The third kappa shape index (κ3) is 3.57. The Morgan fingerprint density at radius 2 is 1.75 bits per heavy atom. The van der Waals surface area contributed by atoms with Gasteiger partial charge in [-0.2, -0.15) is 0 Å². The fourth-order valence-electron chi connectivity index (χ4n) is 7.44. The summed E-state index contributed by atoms with van der Waals surface area (Å²) in [6.45, 7) is 10.3. The first kappa shape index (κ1) is 26.5. The summed E-state index contributed by atoms with van der Waals surface area (Å²) in [6, 6.07) is 0. The molecule has 0 aromatic carbocycles. The van der Waals surface area contributed by atoms with E-state index in [2.05, 4.69) is 0 Å². The number of hydrogen-bond donors (Lipinski definition) is 2. The Morgan fingerprint density at radius 3 is 2.33 bits per heavy atom. The van der Waals surface area contributed by atoms with Crippen molar-refractivity contribution in [2.24, 2.45) is 35.0 Å². The van der Waals surface area contributed by atoms with E-state index in [0.717, 1.165) is 0 Å². The summed E-state index contributed by atoms with van der Waals surface area (Å²) in [5.74, 6) is -3.64. The second kappa shape index (κ2) is 8.80. The van der Waals surface area contributed by atoms with E-state index < -0.39 is 52.7 Å². The summed E-state index contributed by atoms with van der Waals surface area (Å²) in [5.41, 5.74) is -2.58. The highest BCUT2D eigenvalue weighted by atomic mass is 16.8. The van der Waals surface area contributed by atoms with Gasteiger partial charge in [-0.1, -0.05) is 46.8 Å². The molecule has 4 rings (SSSR count). The van der Waals surface area contributed by atoms with Gasteiger partial charge in [-0.15, -0.1) is 0 Å². The summed E-state index contributed by atoms with van der Waals surface area (Å²) in [5, 5.41) is 21.8. The highest BCUT2D eigenvalue weighted by Gasteiger charge is 2.85. The number of ketones is 1. The molecular weight excluding hydrogens is 468 g/mol. The van der Waals surface area contributed by atoms with Gasteiger partial charge in [-0.25, -0.2) is 4.79 Å². The van der Waals surface area contributed by atoms with Gasteiger partial charge >= 0.3 is 18.1 Å². The summed E-state index contributed by atoms with van der Waals surface area (Å²) >= 11 is 0. The molecule has 2 saturated carbocycles. The molecule has 4 aliphatic rings. The van der Waals surface area contributed by atoms with E-state index in [-0.39, 0.29) is 49.4 Å². The molecule has 8 atom stereocenters. The van der Waals surface area contributed by atoms with E-state index in [1.165, 1.54) is 0 Å². The zero-order chi connectivity index (χ0) is 26.8. The number of aliphatic hydroxyl groups excluding tert-OH is 1. The molecule has 4 aliphatic carbocycles. The Kier molecular flexibility index (Phi) is 6.49. The monoisotopic (exact) mass is 504 g/mol. The van der Waals surface area contributed by atoms with Crippen molar-refractivity contribution in [2.45, 2.75) is 78.1 Å². The number of carbonyl (C=O) groups is 4. The van der Waals surface area contributed by atoms with Crippen LogP contribution in [-0.2, 0) is 28.6 Å². The van der Waals surface area contributed by atoms with Gasteiger partial charge in [0, 0.05) is 42.4 Å². The van der Waals surface area contributed by atoms with E-state index in [1.807, 2.05) is 26.8 Å².